The van der Waals surface area contributed by atoms with E-state index in [4.69, 9.17) is 4.84 Å². The summed E-state index contributed by atoms with van der Waals surface area (Å²) in [5.74, 6) is 0.252. The Balaban J connectivity index is 1.00. The summed E-state index contributed by atoms with van der Waals surface area (Å²) in [5.41, 5.74) is 4.14. The molecule has 1 saturated carbocycles. The molecule has 2 atom stereocenters. The van der Waals surface area contributed by atoms with Gasteiger partial charge in [-0.25, -0.2) is 5.48 Å². The summed E-state index contributed by atoms with van der Waals surface area (Å²) in [6.45, 7) is 1.25. The highest BCUT2D eigenvalue weighted by atomic mass is 32.2. The van der Waals surface area contributed by atoms with Crippen LogP contribution in [-0.4, -0.2) is 71.2 Å². The first-order chi connectivity index (χ1) is 25.7. The molecule has 2 fully saturated rings. The van der Waals surface area contributed by atoms with Gasteiger partial charge in [-0.05, 0) is 100 Å². The number of aliphatic hydroxyl groups excluding tert-OH is 1. The Labute approximate surface area is 317 Å². The van der Waals surface area contributed by atoms with Gasteiger partial charge < -0.3 is 15.7 Å². The molecule has 1 saturated heterocycles. The van der Waals surface area contributed by atoms with E-state index < -0.39 is 11.5 Å². The molecule has 2 unspecified atom stereocenters. The van der Waals surface area contributed by atoms with Crippen molar-refractivity contribution in [2.45, 2.75) is 119 Å². The zero-order valence-electron chi connectivity index (χ0n) is 31.0. The van der Waals surface area contributed by atoms with E-state index in [1.54, 1.807) is 7.05 Å². The fraction of sp³-hybridized carbons (Fsp3) is 0.575. The Morgan fingerprint density at radius 3 is 2.15 bits per heavy atom. The molecule has 13 heteroatoms. The van der Waals surface area contributed by atoms with Gasteiger partial charge in [0.2, 0.25) is 29.5 Å². The van der Waals surface area contributed by atoms with Crippen LogP contribution >= 0.6 is 11.8 Å². The first-order valence-corrected chi connectivity index (χ1v) is 20.1. The van der Waals surface area contributed by atoms with E-state index in [-0.39, 0.29) is 48.5 Å². The highest BCUT2D eigenvalue weighted by Crippen LogP contribution is 2.32. The number of para-hydroxylation sites is 1. The third kappa shape index (κ3) is 15.2. The van der Waals surface area contributed by atoms with Gasteiger partial charge in [-0.15, -0.1) is 11.8 Å². The molecule has 5 amide bonds. The molecule has 5 N–H and O–H groups in total. The topological polar surface area (TPSA) is 166 Å². The fourth-order valence-electron chi connectivity index (χ4n) is 6.75. The maximum Gasteiger partial charge on any atom is 0.243 e. The Morgan fingerprint density at radius 1 is 0.830 bits per heavy atom. The summed E-state index contributed by atoms with van der Waals surface area (Å²) in [7, 11) is 1.77. The minimum absolute atomic E-state index is 0.00606. The number of anilines is 1. The molecule has 4 rings (SSSR count). The highest BCUT2D eigenvalue weighted by Gasteiger charge is 2.38. The third-order valence-electron chi connectivity index (χ3n) is 9.95. The maximum absolute atomic E-state index is 13.0. The van der Waals surface area contributed by atoms with E-state index in [9.17, 15) is 29.1 Å². The number of hydroxylamine groups is 1. The second-order valence-corrected chi connectivity index (χ2v) is 15.4. The average molecular weight is 752 g/mol. The van der Waals surface area contributed by atoms with Crippen molar-refractivity contribution in [1.29, 1.82) is 0 Å². The molecule has 1 aliphatic carbocycles. The molecule has 2 aromatic carbocycles. The van der Waals surface area contributed by atoms with Gasteiger partial charge in [0.1, 0.15) is 6.23 Å². The third-order valence-corrected chi connectivity index (χ3v) is 11.1. The number of aliphatic hydroxyl groups is 1. The quantitative estimate of drug-likeness (QED) is 0.0430. The van der Waals surface area contributed by atoms with E-state index in [1.807, 2.05) is 54.6 Å². The second-order valence-electron chi connectivity index (χ2n) is 14.1. The van der Waals surface area contributed by atoms with Gasteiger partial charge in [0.05, 0.1) is 11.9 Å². The number of imide groups is 1. The van der Waals surface area contributed by atoms with Crippen LogP contribution < -0.4 is 21.4 Å². The van der Waals surface area contributed by atoms with Gasteiger partial charge in [0.25, 0.3) is 0 Å². The van der Waals surface area contributed by atoms with Crippen LogP contribution in [0.4, 0.5) is 5.69 Å². The monoisotopic (exact) mass is 751 g/mol. The fourth-order valence-corrected chi connectivity index (χ4v) is 7.83. The molecule has 1 aliphatic heterocycles. The largest absolute Gasteiger partial charge is 0.378 e. The van der Waals surface area contributed by atoms with Crippen LogP contribution in [0.15, 0.2) is 59.5 Å². The van der Waals surface area contributed by atoms with Crippen LogP contribution in [0.25, 0.3) is 0 Å². The number of rotatable bonds is 23. The van der Waals surface area contributed by atoms with Crippen molar-refractivity contribution in [2.24, 2.45) is 11.8 Å². The average Bonchev–Trinajstić information content (AvgIpc) is 3.43. The van der Waals surface area contributed by atoms with E-state index in [0.29, 0.717) is 57.5 Å². The number of amides is 5. The summed E-state index contributed by atoms with van der Waals surface area (Å²) < 4.78 is 0. The molecule has 2 aromatic rings. The molecule has 2 aliphatic rings. The van der Waals surface area contributed by atoms with E-state index in [2.05, 4.69) is 21.4 Å². The van der Waals surface area contributed by atoms with E-state index in [1.165, 1.54) is 16.7 Å². The van der Waals surface area contributed by atoms with Gasteiger partial charge in [0.15, 0.2) is 0 Å². The minimum atomic E-state index is -0.460. The number of nitrogens with zero attached hydrogens (tertiary/aromatic N) is 1. The Hall–Kier alpha value is -3.78. The van der Waals surface area contributed by atoms with Crippen LogP contribution in [0.5, 0.6) is 0 Å². The summed E-state index contributed by atoms with van der Waals surface area (Å²) in [4.78, 5) is 69.8. The summed E-state index contributed by atoms with van der Waals surface area (Å²) in [6.07, 6.45) is 10.2. The normalized spacial score (nSPS) is 19.2. The summed E-state index contributed by atoms with van der Waals surface area (Å²) in [6, 6.07) is 16.9. The lowest BCUT2D eigenvalue weighted by molar-refractivity contribution is -0.138. The Morgan fingerprint density at radius 2 is 1.47 bits per heavy atom. The molecule has 0 spiro atoms. The van der Waals surface area contributed by atoms with Gasteiger partial charge in [-0.1, -0.05) is 49.6 Å². The highest BCUT2D eigenvalue weighted by molar-refractivity contribution is 8.00. The van der Waals surface area contributed by atoms with Crippen LogP contribution in [-0.2, 0) is 35.4 Å². The standard InChI is InChI=1S/C40H57N5O7S/c1-41-39(50)31-21-17-29(18-22-31)27-42-35(46)14-10-5-11-25-45-38(49)26-34(40(45)51)53-33-23-19-30(20-24-33)28-52-44-37(48)16-9-3-2-8-15-36(47)43-32-12-6-4-7-13-32/h4,6-7,12-13,19-20,23-24,29,31,34,39,41,50H,2-3,5,8-11,14-18,21-22,25-28H2,1H3,(H,42,46)(H,43,47)(H,44,48). The Bertz CT molecular complexity index is 1450. The smallest absolute Gasteiger partial charge is 0.243 e. The number of unbranched alkanes of at least 4 members (excludes halogenated alkanes) is 5. The maximum atomic E-state index is 13.0. The van der Waals surface area contributed by atoms with Crippen molar-refractivity contribution >= 4 is 47.0 Å². The van der Waals surface area contributed by atoms with Crippen molar-refractivity contribution < 1.29 is 33.9 Å². The first-order valence-electron chi connectivity index (χ1n) is 19.2. The summed E-state index contributed by atoms with van der Waals surface area (Å²) in [5, 5.41) is 18.3. The van der Waals surface area contributed by atoms with Crippen molar-refractivity contribution in [3.05, 3.63) is 60.2 Å². The van der Waals surface area contributed by atoms with Crippen LogP contribution in [0.2, 0.25) is 0 Å². The first kappa shape index (κ1) is 42.0. The minimum Gasteiger partial charge on any atom is -0.378 e. The lowest BCUT2D eigenvalue weighted by Gasteiger charge is -2.31. The number of nitrogens with one attached hydrogen (secondary N) is 4. The van der Waals surface area contributed by atoms with Gasteiger partial charge in [0, 0.05) is 49.4 Å². The second kappa shape index (κ2) is 23.1. The molecular formula is C40H57N5O7S. The van der Waals surface area contributed by atoms with E-state index >= 15 is 0 Å². The van der Waals surface area contributed by atoms with Crippen molar-refractivity contribution in [1.82, 2.24) is 21.0 Å². The molecule has 12 nitrogen and oxygen atoms in total. The van der Waals surface area contributed by atoms with Crippen LogP contribution in [0, 0.1) is 11.8 Å². The number of carbonyl (C=O) groups excluding carboxylic acids is 5. The zero-order chi connectivity index (χ0) is 37.8. The van der Waals surface area contributed by atoms with Crippen molar-refractivity contribution in [3.8, 4) is 0 Å². The predicted molar refractivity (Wildman–Crippen MR) is 205 cm³/mol. The lowest BCUT2D eigenvalue weighted by Crippen LogP contribution is -2.37. The number of hydrogen-bond acceptors (Lipinski definition) is 9. The lowest BCUT2D eigenvalue weighted by atomic mass is 9.81. The molecule has 53 heavy (non-hydrogen) atoms. The van der Waals surface area contributed by atoms with Crippen LogP contribution in [0.1, 0.15) is 102 Å². The van der Waals surface area contributed by atoms with Crippen molar-refractivity contribution in [3.63, 3.8) is 0 Å². The zero-order valence-corrected chi connectivity index (χ0v) is 31.8. The predicted octanol–water partition coefficient (Wildman–Crippen LogP) is 5.45. The number of benzene rings is 2. The van der Waals surface area contributed by atoms with Crippen molar-refractivity contribution in [2.75, 3.05) is 25.5 Å². The number of hydrogen-bond donors (Lipinski definition) is 5. The van der Waals surface area contributed by atoms with E-state index in [0.717, 1.165) is 67.5 Å². The van der Waals surface area contributed by atoms with Crippen LogP contribution in [0.3, 0.4) is 0 Å². The van der Waals surface area contributed by atoms with Gasteiger partial charge >= 0.3 is 0 Å². The molecule has 0 radical (unpaired) electrons. The van der Waals surface area contributed by atoms with Gasteiger partial charge in [-0.3, -0.25) is 39.0 Å². The number of likely N-dealkylation sites (tertiary alicyclic amines) is 1. The Kier molecular flexibility index (Phi) is 18.3. The molecule has 1 heterocycles. The molecular weight excluding hydrogens is 695 g/mol. The summed E-state index contributed by atoms with van der Waals surface area (Å²) >= 11 is 1.37. The number of thioether (sulfide) groups is 1. The SMILES string of the molecule is CNC(O)C1CCC(CNC(=O)CCCCCN2C(=O)CC(Sc3ccc(CONC(=O)CCCCCCC(=O)Nc4ccccc4)cc3)C2=O)CC1. The van der Waals surface area contributed by atoms with Gasteiger partial charge in [-0.2, -0.15) is 0 Å². The molecule has 0 aromatic heterocycles. The molecule has 0 bridgehead atoms. The number of carbonyl (C=O) groups is 5. The molecule has 290 valence electrons.